The topological polar surface area (TPSA) is 51.5 Å². The average molecular weight is 296 g/mol. The lowest BCUT2D eigenvalue weighted by Gasteiger charge is -2.12. The summed E-state index contributed by atoms with van der Waals surface area (Å²) in [6.07, 6.45) is 1.84. The van der Waals surface area contributed by atoms with Gasteiger partial charge in [-0.05, 0) is 26.8 Å². The average Bonchev–Trinajstić information content (AvgIpc) is 2.90. The number of benzene rings is 1. The number of fused-ring (bicyclic) bond motifs is 1. The van der Waals surface area contributed by atoms with Crippen LogP contribution in [0.5, 0.6) is 5.75 Å². The molecule has 1 N–H and O–H groups in total. The minimum Gasteiger partial charge on any atom is -0.496 e. The van der Waals surface area contributed by atoms with Gasteiger partial charge in [0.25, 0.3) is 0 Å². The largest absolute Gasteiger partial charge is 0.496 e. The number of anilines is 1. The molecule has 0 aliphatic rings. The molecule has 2 heterocycles. The highest BCUT2D eigenvalue weighted by Crippen LogP contribution is 2.32. The summed E-state index contributed by atoms with van der Waals surface area (Å²) in [5, 5.41) is 7.91. The van der Waals surface area contributed by atoms with Crippen LogP contribution in [0.2, 0.25) is 0 Å². The van der Waals surface area contributed by atoms with Crippen molar-refractivity contribution in [1.29, 1.82) is 0 Å². The van der Waals surface area contributed by atoms with Crippen molar-refractivity contribution in [1.82, 2.24) is 14.6 Å². The van der Waals surface area contributed by atoms with Crippen LogP contribution in [0.25, 0.3) is 16.8 Å². The van der Waals surface area contributed by atoms with Crippen LogP contribution in [-0.2, 0) is 0 Å². The molecule has 0 radical (unpaired) electrons. The number of para-hydroxylation sites is 1. The van der Waals surface area contributed by atoms with E-state index in [-0.39, 0.29) is 0 Å². The highest BCUT2D eigenvalue weighted by Gasteiger charge is 2.15. The number of nitrogens with zero attached hydrogens (tertiary/aromatic N) is 3. The molecule has 0 aliphatic heterocycles. The summed E-state index contributed by atoms with van der Waals surface area (Å²) < 4.78 is 7.30. The number of aromatic nitrogens is 3. The Balaban J connectivity index is 2.22. The van der Waals surface area contributed by atoms with Crippen LogP contribution in [0, 0.1) is 6.92 Å². The van der Waals surface area contributed by atoms with Gasteiger partial charge in [0.05, 0.1) is 18.9 Å². The van der Waals surface area contributed by atoms with Gasteiger partial charge in [0, 0.05) is 23.4 Å². The molecular formula is C17H20N4O. The molecule has 0 amide bonds. The van der Waals surface area contributed by atoms with Gasteiger partial charge in [0.2, 0.25) is 0 Å². The molecule has 0 aliphatic carbocycles. The van der Waals surface area contributed by atoms with Crippen LogP contribution < -0.4 is 10.1 Å². The van der Waals surface area contributed by atoms with Gasteiger partial charge in [0.15, 0.2) is 5.65 Å². The molecule has 0 saturated carbocycles. The maximum atomic E-state index is 5.46. The minimum absolute atomic E-state index is 0.323. The van der Waals surface area contributed by atoms with E-state index in [4.69, 9.17) is 4.74 Å². The lowest BCUT2D eigenvalue weighted by Crippen LogP contribution is -2.14. The van der Waals surface area contributed by atoms with Crippen molar-refractivity contribution in [3.63, 3.8) is 0 Å². The Hall–Kier alpha value is -2.56. The first-order valence-electron chi connectivity index (χ1n) is 7.35. The Morgan fingerprint density at radius 1 is 1.18 bits per heavy atom. The van der Waals surface area contributed by atoms with E-state index < -0.39 is 0 Å². The third kappa shape index (κ3) is 2.50. The van der Waals surface area contributed by atoms with Gasteiger partial charge in [-0.3, -0.25) is 0 Å². The highest BCUT2D eigenvalue weighted by molar-refractivity contribution is 5.82. The number of aryl methyl sites for hydroxylation is 1. The van der Waals surface area contributed by atoms with Crippen molar-refractivity contribution in [2.24, 2.45) is 0 Å². The smallest absolute Gasteiger partial charge is 0.165 e. The van der Waals surface area contributed by atoms with Gasteiger partial charge >= 0.3 is 0 Å². The normalized spacial score (nSPS) is 11.1. The van der Waals surface area contributed by atoms with Crippen molar-refractivity contribution in [2.75, 3.05) is 12.4 Å². The van der Waals surface area contributed by atoms with E-state index in [1.54, 1.807) is 7.11 Å². The third-order valence-electron chi connectivity index (χ3n) is 3.43. The quantitative estimate of drug-likeness (QED) is 0.800. The van der Waals surface area contributed by atoms with Crippen LogP contribution in [0.1, 0.15) is 19.5 Å². The van der Waals surface area contributed by atoms with Crippen LogP contribution in [0.4, 0.5) is 5.82 Å². The second-order valence-corrected chi connectivity index (χ2v) is 5.58. The zero-order chi connectivity index (χ0) is 15.7. The molecule has 1 aromatic carbocycles. The predicted molar refractivity (Wildman–Crippen MR) is 88.5 cm³/mol. The van der Waals surface area contributed by atoms with Crippen LogP contribution >= 0.6 is 0 Å². The first-order valence-corrected chi connectivity index (χ1v) is 7.35. The maximum Gasteiger partial charge on any atom is 0.165 e. The molecule has 0 unspecified atom stereocenters. The Labute approximate surface area is 130 Å². The molecule has 3 aromatic rings. The lowest BCUT2D eigenvalue weighted by molar-refractivity contribution is 0.416. The SMILES string of the molecule is COc1ccccc1-c1cnn2c(NC(C)C)cc(C)nc12. The molecular weight excluding hydrogens is 276 g/mol. The Kier molecular flexibility index (Phi) is 3.71. The number of nitrogens with one attached hydrogen (secondary N) is 1. The van der Waals surface area contributed by atoms with Crippen molar-refractivity contribution in [3.8, 4) is 16.9 Å². The van der Waals surface area contributed by atoms with Gasteiger partial charge in [-0.15, -0.1) is 0 Å². The molecule has 0 fully saturated rings. The molecule has 5 heteroatoms. The fourth-order valence-electron chi connectivity index (χ4n) is 2.54. The number of rotatable bonds is 4. The molecule has 0 saturated heterocycles. The maximum absolute atomic E-state index is 5.46. The summed E-state index contributed by atoms with van der Waals surface area (Å²) in [5.74, 6) is 1.76. The van der Waals surface area contributed by atoms with Gasteiger partial charge < -0.3 is 10.1 Å². The highest BCUT2D eigenvalue weighted by atomic mass is 16.5. The predicted octanol–water partition coefficient (Wildman–Crippen LogP) is 3.53. The van der Waals surface area contributed by atoms with Crippen molar-refractivity contribution < 1.29 is 4.74 Å². The van der Waals surface area contributed by atoms with Crippen LogP contribution in [0.3, 0.4) is 0 Å². The minimum atomic E-state index is 0.323. The van der Waals surface area contributed by atoms with Crippen molar-refractivity contribution >= 4 is 11.5 Å². The summed E-state index contributed by atoms with van der Waals surface area (Å²) in [6.45, 7) is 6.20. The Morgan fingerprint density at radius 3 is 2.68 bits per heavy atom. The number of methoxy groups -OCH3 is 1. The molecule has 22 heavy (non-hydrogen) atoms. The molecule has 3 rings (SSSR count). The van der Waals surface area contributed by atoms with Gasteiger partial charge in [0.1, 0.15) is 11.6 Å². The zero-order valence-electron chi connectivity index (χ0n) is 13.3. The van der Waals surface area contributed by atoms with Crippen LogP contribution in [0.15, 0.2) is 36.5 Å². The van der Waals surface area contributed by atoms with Gasteiger partial charge in [-0.2, -0.15) is 9.61 Å². The van der Waals surface area contributed by atoms with E-state index in [0.717, 1.165) is 34.0 Å². The second kappa shape index (κ2) is 5.67. The van der Waals surface area contributed by atoms with Crippen molar-refractivity contribution in [3.05, 3.63) is 42.2 Å². The van der Waals surface area contributed by atoms with E-state index in [9.17, 15) is 0 Å². The van der Waals surface area contributed by atoms with E-state index in [0.29, 0.717) is 6.04 Å². The van der Waals surface area contributed by atoms with E-state index in [2.05, 4.69) is 29.2 Å². The van der Waals surface area contributed by atoms with Gasteiger partial charge in [-0.25, -0.2) is 4.98 Å². The molecule has 5 nitrogen and oxygen atoms in total. The Bertz CT molecular complexity index is 808. The molecule has 0 spiro atoms. The third-order valence-corrected chi connectivity index (χ3v) is 3.43. The molecule has 0 bridgehead atoms. The fourth-order valence-corrected chi connectivity index (χ4v) is 2.54. The van der Waals surface area contributed by atoms with Crippen LogP contribution in [-0.4, -0.2) is 27.7 Å². The molecule has 2 aromatic heterocycles. The summed E-state index contributed by atoms with van der Waals surface area (Å²) in [6, 6.07) is 10.2. The second-order valence-electron chi connectivity index (χ2n) is 5.58. The van der Waals surface area contributed by atoms with E-state index in [1.165, 1.54) is 0 Å². The van der Waals surface area contributed by atoms with Gasteiger partial charge in [-0.1, -0.05) is 18.2 Å². The Morgan fingerprint density at radius 2 is 1.95 bits per heavy atom. The van der Waals surface area contributed by atoms with E-state index in [1.807, 2.05) is 48.0 Å². The summed E-state index contributed by atoms with van der Waals surface area (Å²) in [5.41, 5.74) is 3.74. The molecule has 114 valence electrons. The van der Waals surface area contributed by atoms with Crippen molar-refractivity contribution in [2.45, 2.75) is 26.8 Å². The van der Waals surface area contributed by atoms with E-state index >= 15 is 0 Å². The summed E-state index contributed by atoms with van der Waals surface area (Å²) in [4.78, 5) is 4.66. The zero-order valence-corrected chi connectivity index (χ0v) is 13.3. The standard InChI is InChI=1S/C17H20N4O/c1-11(2)19-16-9-12(3)20-17-14(10-18-21(16)17)13-7-5-6-8-15(13)22-4/h5-11,19H,1-4H3. The monoisotopic (exact) mass is 296 g/mol. The first kappa shape index (κ1) is 14.4. The summed E-state index contributed by atoms with van der Waals surface area (Å²) in [7, 11) is 1.68. The fraction of sp³-hybridized carbons (Fsp3) is 0.294. The number of ether oxygens (including phenoxy) is 1. The molecule has 0 atom stereocenters. The first-order chi connectivity index (χ1) is 10.6. The summed E-state index contributed by atoms with van der Waals surface area (Å²) >= 11 is 0. The number of hydrogen-bond donors (Lipinski definition) is 1. The number of hydrogen-bond acceptors (Lipinski definition) is 4. The lowest BCUT2D eigenvalue weighted by atomic mass is 10.1.